The molecule has 0 radical (unpaired) electrons. The van der Waals surface area contributed by atoms with E-state index in [1.807, 2.05) is 0 Å². The van der Waals surface area contributed by atoms with Crippen LogP contribution in [-0.4, -0.2) is 0 Å². The van der Waals surface area contributed by atoms with E-state index in [1.165, 1.54) is 55.4 Å². The summed E-state index contributed by atoms with van der Waals surface area (Å²) in [5.74, 6) is 0.835. The van der Waals surface area contributed by atoms with Gasteiger partial charge in [0.15, 0.2) is 0 Å². The van der Waals surface area contributed by atoms with Crippen molar-refractivity contribution in [2.24, 2.45) is 0 Å². The van der Waals surface area contributed by atoms with Gasteiger partial charge < -0.3 is 0 Å². The van der Waals surface area contributed by atoms with Gasteiger partial charge in [0.2, 0.25) is 0 Å². The zero-order chi connectivity index (χ0) is 16.8. The molecule has 1 aromatic carbocycles. The molecule has 0 fully saturated rings. The molecule has 24 heavy (non-hydrogen) atoms. The molecule has 4 rings (SSSR count). The quantitative estimate of drug-likeness (QED) is 0.505. The Hall–Kier alpha value is -0.860. The molecule has 3 aliphatic rings. The minimum Gasteiger partial charge on any atom is -0.0760 e. The van der Waals surface area contributed by atoms with Gasteiger partial charge in [-0.2, -0.15) is 0 Å². The highest BCUT2D eigenvalue weighted by atomic mass is 79.9. The van der Waals surface area contributed by atoms with Crippen LogP contribution in [0.3, 0.4) is 0 Å². The first-order valence-electron chi connectivity index (χ1n) is 8.97. The number of benzene rings is 1. The third-order valence-electron chi connectivity index (χ3n) is 5.39. The molecule has 0 spiro atoms. The smallest absolute Gasteiger partial charge is 0.0345 e. The summed E-state index contributed by atoms with van der Waals surface area (Å²) < 4.78 is 2.56. The van der Waals surface area contributed by atoms with Crippen LogP contribution in [0.2, 0.25) is 0 Å². The zero-order valence-corrected chi connectivity index (χ0v) is 17.4. The van der Waals surface area contributed by atoms with E-state index in [0.717, 1.165) is 6.42 Å². The van der Waals surface area contributed by atoms with E-state index < -0.39 is 0 Å². The summed E-state index contributed by atoms with van der Waals surface area (Å²) in [5.41, 5.74) is 6.10. The number of halogens is 2. The van der Waals surface area contributed by atoms with E-state index in [2.05, 4.69) is 82.1 Å². The van der Waals surface area contributed by atoms with Crippen molar-refractivity contribution in [2.75, 3.05) is 0 Å². The largest absolute Gasteiger partial charge is 0.0760 e. The van der Waals surface area contributed by atoms with Gasteiger partial charge in [-0.05, 0) is 52.1 Å². The van der Waals surface area contributed by atoms with Gasteiger partial charge in [0.25, 0.3) is 0 Å². The van der Waals surface area contributed by atoms with Crippen LogP contribution in [0.4, 0.5) is 0 Å². The van der Waals surface area contributed by atoms with Crippen LogP contribution < -0.4 is 10.4 Å². The summed E-state index contributed by atoms with van der Waals surface area (Å²) in [5, 5.41) is 2.85. The first kappa shape index (κ1) is 16.6. The Labute approximate surface area is 161 Å². The van der Waals surface area contributed by atoms with E-state index in [-0.39, 0.29) is 0 Å². The summed E-state index contributed by atoms with van der Waals surface area (Å²) in [7, 11) is 0. The second-order valence-corrected chi connectivity index (χ2v) is 8.72. The lowest BCUT2D eigenvalue weighted by Gasteiger charge is -2.34. The zero-order valence-electron chi connectivity index (χ0n) is 14.2. The number of hydrogen-bond acceptors (Lipinski definition) is 0. The molecule has 2 atom stereocenters. The Morgan fingerprint density at radius 1 is 0.833 bits per heavy atom. The van der Waals surface area contributed by atoms with Crippen LogP contribution in [-0.2, 0) is 0 Å². The first-order chi connectivity index (χ1) is 11.7. The average molecular weight is 446 g/mol. The summed E-state index contributed by atoms with van der Waals surface area (Å²) in [6, 6.07) is 4.67. The molecule has 3 aliphatic carbocycles. The van der Waals surface area contributed by atoms with Crippen LogP contribution in [0, 0.1) is 0 Å². The minimum absolute atomic E-state index is 0.382. The average Bonchev–Trinajstić information content (AvgIpc) is 2.57. The van der Waals surface area contributed by atoms with Gasteiger partial charge in [-0.1, -0.05) is 88.4 Å². The predicted octanol–water partition coefficient (Wildman–Crippen LogP) is 5.91. The Morgan fingerprint density at radius 3 is 2.25 bits per heavy atom. The molecule has 0 amide bonds. The second kappa shape index (κ2) is 6.46. The van der Waals surface area contributed by atoms with Crippen molar-refractivity contribution in [1.82, 2.24) is 0 Å². The lowest BCUT2D eigenvalue weighted by atomic mass is 9.72. The van der Waals surface area contributed by atoms with Crippen molar-refractivity contribution < 1.29 is 0 Å². The first-order valence-corrected chi connectivity index (χ1v) is 10.6. The SMILES string of the molecule is CCCC1=CC(Br)=c2ccc3c4c2C1C=CC4C(Br)=CC=3CCC. The maximum Gasteiger partial charge on any atom is 0.0345 e. The Morgan fingerprint density at radius 2 is 1.50 bits per heavy atom. The van der Waals surface area contributed by atoms with Gasteiger partial charge in [0.05, 0.1) is 0 Å². The Bertz CT molecular complexity index is 912. The van der Waals surface area contributed by atoms with E-state index in [1.54, 1.807) is 5.57 Å². The van der Waals surface area contributed by atoms with E-state index >= 15 is 0 Å². The fourth-order valence-electron chi connectivity index (χ4n) is 4.41. The number of hydrogen-bond donors (Lipinski definition) is 0. The second-order valence-electron chi connectivity index (χ2n) is 6.95. The predicted molar refractivity (Wildman–Crippen MR) is 111 cm³/mol. The minimum atomic E-state index is 0.382. The molecule has 0 aromatic heterocycles. The molecule has 0 saturated heterocycles. The number of rotatable bonds is 4. The molecule has 0 nitrogen and oxygen atoms in total. The van der Waals surface area contributed by atoms with E-state index in [9.17, 15) is 0 Å². The molecule has 0 N–H and O–H groups in total. The molecule has 1 aromatic rings. The lowest BCUT2D eigenvalue weighted by molar-refractivity contribution is 0.783. The molecule has 2 heteroatoms. The Balaban J connectivity index is 2.06. The summed E-state index contributed by atoms with van der Waals surface area (Å²) in [4.78, 5) is 0. The molecule has 0 saturated carbocycles. The summed E-state index contributed by atoms with van der Waals surface area (Å²) in [6.07, 6.45) is 14.2. The molecule has 124 valence electrons. The standard InChI is InChI=1S/C22H22Br2/c1-3-5-13-11-19(23)17-10-8-16-14(6-4-2)12-20(24)18-9-7-15(13)21(17)22(16)18/h7-12,15,18H,3-6H2,1-2H3. The van der Waals surface area contributed by atoms with Crippen molar-refractivity contribution in [1.29, 1.82) is 0 Å². The number of allylic oxidation sites excluding steroid dienone is 6. The third-order valence-corrected chi connectivity index (χ3v) is 6.77. The molecule has 2 unspecified atom stereocenters. The van der Waals surface area contributed by atoms with Crippen molar-refractivity contribution in [2.45, 2.75) is 51.4 Å². The molecular formula is C22H22Br2. The van der Waals surface area contributed by atoms with Crippen molar-refractivity contribution in [3.05, 3.63) is 68.1 Å². The van der Waals surface area contributed by atoms with Gasteiger partial charge >= 0.3 is 0 Å². The van der Waals surface area contributed by atoms with E-state index in [0.29, 0.717) is 11.8 Å². The highest BCUT2D eigenvalue weighted by Gasteiger charge is 2.32. The van der Waals surface area contributed by atoms with Gasteiger partial charge in [0.1, 0.15) is 0 Å². The lowest BCUT2D eigenvalue weighted by Crippen LogP contribution is -2.33. The highest BCUT2D eigenvalue weighted by Crippen LogP contribution is 2.44. The van der Waals surface area contributed by atoms with Crippen LogP contribution in [0.1, 0.15) is 62.5 Å². The molecule has 0 heterocycles. The van der Waals surface area contributed by atoms with Crippen LogP contribution in [0.25, 0.3) is 10.1 Å². The molecule has 0 bridgehead atoms. The van der Waals surface area contributed by atoms with Crippen molar-refractivity contribution in [3.8, 4) is 0 Å². The maximum absolute atomic E-state index is 3.86. The molecule has 0 aliphatic heterocycles. The van der Waals surface area contributed by atoms with Gasteiger partial charge in [-0.3, -0.25) is 0 Å². The fraction of sp³-hybridized carbons (Fsp3) is 0.364. The maximum atomic E-state index is 3.86. The van der Waals surface area contributed by atoms with Gasteiger partial charge in [0, 0.05) is 20.8 Å². The molecular weight excluding hydrogens is 424 g/mol. The van der Waals surface area contributed by atoms with Crippen LogP contribution >= 0.6 is 31.9 Å². The van der Waals surface area contributed by atoms with Gasteiger partial charge in [-0.15, -0.1) is 0 Å². The van der Waals surface area contributed by atoms with Crippen LogP contribution in [0.15, 0.2) is 46.5 Å². The van der Waals surface area contributed by atoms with Gasteiger partial charge in [-0.25, -0.2) is 0 Å². The fourth-order valence-corrected chi connectivity index (χ4v) is 5.70. The van der Waals surface area contributed by atoms with Crippen LogP contribution in [0.5, 0.6) is 0 Å². The van der Waals surface area contributed by atoms with Crippen molar-refractivity contribution >= 4 is 41.9 Å². The summed E-state index contributed by atoms with van der Waals surface area (Å²) in [6.45, 7) is 4.53. The van der Waals surface area contributed by atoms with E-state index in [4.69, 9.17) is 0 Å². The Kier molecular flexibility index (Phi) is 4.47. The van der Waals surface area contributed by atoms with Crippen molar-refractivity contribution in [3.63, 3.8) is 0 Å². The topological polar surface area (TPSA) is 0 Å². The summed E-state index contributed by atoms with van der Waals surface area (Å²) >= 11 is 7.71. The normalized spacial score (nSPS) is 23.8. The highest BCUT2D eigenvalue weighted by molar-refractivity contribution is 9.15. The monoisotopic (exact) mass is 444 g/mol. The third kappa shape index (κ3) is 2.45.